The molecule has 0 bridgehead atoms. The lowest BCUT2D eigenvalue weighted by Gasteiger charge is -2.26. The van der Waals surface area contributed by atoms with Gasteiger partial charge in [-0.3, -0.25) is 19.8 Å². The van der Waals surface area contributed by atoms with Gasteiger partial charge in [0.25, 0.3) is 5.56 Å². The maximum atomic E-state index is 14.4. The molecule has 1 N–H and O–H groups in total. The summed E-state index contributed by atoms with van der Waals surface area (Å²) in [5, 5.41) is 10.8. The number of benzene rings is 1. The normalized spacial score (nSPS) is 15.0. The van der Waals surface area contributed by atoms with Crippen LogP contribution in [0, 0.1) is 15.9 Å². The second-order valence-electron chi connectivity index (χ2n) is 6.82. The lowest BCUT2D eigenvalue weighted by atomic mass is 10.2. The highest BCUT2D eigenvalue weighted by atomic mass is 19.1. The molecule has 3 aromatic rings. The van der Waals surface area contributed by atoms with Crippen LogP contribution in [0.5, 0.6) is 5.75 Å². The first kappa shape index (κ1) is 20.7. The molecule has 0 radical (unpaired) electrons. The van der Waals surface area contributed by atoms with Crippen LogP contribution < -0.4 is 10.3 Å². The van der Waals surface area contributed by atoms with Crippen LogP contribution >= 0.6 is 0 Å². The van der Waals surface area contributed by atoms with Gasteiger partial charge in [-0.05, 0) is 24.3 Å². The number of fused-ring (bicyclic) bond motifs is 1. The molecule has 2 aromatic heterocycles. The molecule has 10 nitrogen and oxygen atoms in total. The zero-order chi connectivity index (χ0) is 21.8. The number of rotatable bonds is 7. The lowest BCUT2D eigenvalue weighted by Crippen LogP contribution is -2.38. The molecule has 1 aliphatic rings. The number of morpholine rings is 1. The van der Waals surface area contributed by atoms with Gasteiger partial charge in [-0.1, -0.05) is 0 Å². The lowest BCUT2D eigenvalue weighted by molar-refractivity contribution is -0.402. The number of hydrogen-bond donors (Lipinski definition) is 1. The van der Waals surface area contributed by atoms with Gasteiger partial charge in [0.1, 0.15) is 23.1 Å². The maximum absolute atomic E-state index is 14.4. The Bertz CT molecular complexity index is 1180. The molecule has 0 spiro atoms. The van der Waals surface area contributed by atoms with Gasteiger partial charge in [0, 0.05) is 25.7 Å². The van der Waals surface area contributed by atoms with Gasteiger partial charge in [-0.2, -0.15) is 0 Å². The van der Waals surface area contributed by atoms with Crippen molar-refractivity contribution in [3.63, 3.8) is 0 Å². The highest BCUT2D eigenvalue weighted by Crippen LogP contribution is 2.22. The Hall–Kier alpha value is -3.57. The summed E-state index contributed by atoms with van der Waals surface area (Å²) in [6.07, 6.45) is 2.87. The van der Waals surface area contributed by atoms with Crippen molar-refractivity contribution >= 4 is 28.9 Å². The molecule has 4 rings (SSSR count). The number of hydrogen-bond acceptors (Lipinski definition) is 8. The Labute approximate surface area is 175 Å². The van der Waals surface area contributed by atoms with Crippen LogP contribution in [-0.2, 0) is 4.74 Å². The molecular formula is C20H19FN4O6. The summed E-state index contributed by atoms with van der Waals surface area (Å²) < 4.78 is 30.3. The van der Waals surface area contributed by atoms with E-state index in [1.54, 1.807) is 0 Å². The third-order valence-electron chi connectivity index (χ3n) is 4.74. The van der Waals surface area contributed by atoms with Crippen LogP contribution in [0.1, 0.15) is 11.6 Å². The third-order valence-corrected chi connectivity index (χ3v) is 4.74. The average Bonchev–Trinajstić information content (AvgIpc) is 3.24. The van der Waals surface area contributed by atoms with E-state index in [0.717, 1.165) is 19.2 Å². The summed E-state index contributed by atoms with van der Waals surface area (Å²) in [7, 11) is 0. The van der Waals surface area contributed by atoms with Gasteiger partial charge < -0.3 is 18.9 Å². The largest absolute Gasteiger partial charge is 0.489 e. The average molecular weight is 430 g/mol. The van der Waals surface area contributed by atoms with E-state index in [-0.39, 0.29) is 34.8 Å². The standard InChI is InChI=1S/C20H19FN4O6/c21-15-11-14-16(12-17(15)30-10-7-24-5-8-29-9-6-24)22-18(23-20(14)26)3-1-13-2-4-19(31-13)25(27)28/h1-4,11-12H,5-10H2,(H,22,23,26)/b3-1+. The molecule has 0 atom stereocenters. The van der Waals surface area contributed by atoms with Gasteiger partial charge in [0.2, 0.25) is 0 Å². The Kier molecular flexibility index (Phi) is 6.05. The van der Waals surface area contributed by atoms with Crippen molar-refractivity contribution in [2.75, 3.05) is 39.5 Å². The summed E-state index contributed by atoms with van der Waals surface area (Å²) in [5.41, 5.74) is -0.259. The number of nitrogens with one attached hydrogen (secondary N) is 1. The summed E-state index contributed by atoms with van der Waals surface area (Å²) >= 11 is 0. The van der Waals surface area contributed by atoms with Crippen molar-refractivity contribution in [2.24, 2.45) is 0 Å². The predicted molar refractivity (Wildman–Crippen MR) is 109 cm³/mol. The van der Waals surface area contributed by atoms with Crippen molar-refractivity contribution in [1.82, 2.24) is 14.9 Å². The highest BCUT2D eigenvalue weighted by Gasteiger charge is 2.14. The molecule has 11 heteroatoms. The fraction of sp³-hybridized carbons (Fsp3) is 0.300. The van der Waals surface area contributed by atoms with Crippen LogP contribution in [0.15, 0.2) is 33.5 Å². The predicted octanol–water partition coefficient (Wildman–Crippen LogP) is 2.44. The van der Waals surface area contributed by atoms with Crippen molar-refractivity contribution in [2.45, 2.75) is 0 Å². The fourth-order valence-corrected chi connectivity index (χ4v) is 3.15. The number of aromatic amines is 1. The Balaban J connectivity index is 1.51. The number of furan rings is 1. The van der Waals surface area contributed by atoms with Gasteiger partial charge in [-0.25, -0.2) is 9.37 Å². The minimum Gasteiger partial charge on any atom is -0.489 e. The summed E-state index contributed by atoms with van der Waals surface area (Å²) in [6, 6.07) is 5.12. The number of nitro groups is 1. The minimum absolute atomic E-state index is 0.00967. The van der Waals surface area contributed by atoms with Crippen LogP contribution in [0.4, 0.5) is 10.3 Å². The Morgan fingerprint density at radius 2 is 2.10 bits per heavy atom. The van der Waals surface area contributed by atoms with E-state index >= 15 is 0 Å². The van der Waals surface area contributed by atoms with E-state index in [0.29, 0.717) is 19.8 Å². The summed E-state index contributed by atoms with van der Waals surface area (Å²) in [4.78, 5) is 31.3. The molecule has 0 unspecified atom stereocenters. The minimum atomic E-state index is -0.650. The zero-order valence-corrected chi connectivity index (χ0v) is 16.4. The molecule has 1 aliphatic heterocycles. The van der Waals surface area contributed by atoms with Gasteiger partial charge >= 0.3 is 5.88 Å². The summed E-state index contributed by atoms with van der Waals surface area (Å²) in [6.45, 7) is 3.85. The first-order chi connectivity index (χ1) is 15.0. The molecule has 1 saturated heterocycles. The maximum Gasteiger partial charge on any atom is 0.433 e. The zero-order valence-electron chi connectivity index (χ0n) is 16.4. The molecule has 31 heavy (non-hydrogen) atoms. The van der Waals surface area contributed by atoms with Crippen LogP contribution in [0.25, 0.3) is 23.1 Å². The number of ether oxygens (including phenoxy) is 2. The van der Waals surface area contributed by atoms with E-state index < -0.39 is 22.2 Å². The molecule has 0 aliphatic carbocycles. The SMILES string of the molecule is O=c1[nH]c(/C=C/c2ccc([N+](=O)[O-])o2)nc2cc(OCCN3CCOCC3)c(F)cc12. The number of halogens is 1. The second-order valence-corrected chi connectivity index (χ2v) is 6.82. The first-order valence-corrected chi connectivity index (χ1v) is 9.58. The number of aromatic nitrogens is 2. The number of H-pyrrole nitrogens is 1. The van der Waals surface area contributed by atoms with E-state index in [4.69, 9.17) is 13.9 Å². The van der Waals surface area contributed by atoms with E-state index in [9.17, 15) is 19.3 Å². The molecule has 1 fully saturated rings. The molecule has 3 heterocycles. The smallest absolute Gasteiger partial charge is 0.433 e. The van der Waals surface area contributed by atoms with Crippen LogP contribution in [0.3, 0.4) is 0 Å². The van der Waals surface area contributed by atoms with E-state index in [1.165, 1.54) is 30.4 Å². The van der Waals surface area contributed by atoms with E-state index in [2.05, 4.69) is 14.9 Å². The van der Waals surface area contributed by atoms with Crippen molar-refractivity contribution in [3.8, 4) is 5.75 Å². The van der Waals surface area contributed by atoms with Gasteiger partial charge in [0.05, 0.1) is 30.2 Å². The van der Waals surface area contributed by atoms with Crippen molar-refractivity contribution < 1.29 is 23.2 Å². The third kappa shape index (κ3) is 4.95. The quantitative estimate of drug-likeness (QED) is 0.448. The fourth-order valence-electron chi connectivity index (χ4n) is 3.15. The molecule has 162 valence electrons. The van der Waals surface area contributed by atoms with Crippen molar-refractivity contribution in [3.05, 3.63) is 62.1 Å². The number of nitrogens with zero attached hydrogens (tertiary/aromatic N) is 3. The Morgan fingerprint density at radius 3 is 2.84 bits per heavy atom. The summed E-state index contributed by atoms with van der Waals surface area (Å²) in [5.74, 6) is -0.625. The van der Waals surface area contributed by atoms with Gasteiger partial charge in [-0.15, -0.1) is 0 Å². The van der Waals surface area contributed by atoms with Crippen LogP contribution in [0.2, 0.25) is 0 Å². The molecular weight excluding hydrogens is 411 g/mol. The van der Waals surface area contributed by atoms with Crippen molar-refractivity contribution in [1.29, 1.82) is 0 Å². The molecule has 0 amide bonds. The topological polar surface area (TPSA) is 124 Å². The Morgan fingerprint density at radius 1 is 1.29 bits per heavy atom. The molecule has 0 saturated carbocycles. The van der Waals surface area contributed by atoms with E-state index in [1.807, 2.05) is 0 Å². The van der Waals surface area contributed by atoms with Crippen LogP contribution in [-0.4, -0.2) is 59.2 Å². The monoisotopic (exact) mass is 430 g/mol. The highest BCUT2D eigenvalue weighted by molar-refractivity contribution is 5.80. The second kappa shape index (κ2) is 9.06. The van der Waals surface area contributed by atoms with Gasteiger partial charge in [0.15, 0.2) is 11.6 Å². The molecule has 1 aromatic carbocycles. The first-order valence-electron chi connectivity index (χ1n) is 9.58.